The molecule has 270 valence electrons. The van der Waals surface area contributed by atoms with Crippen molar-refractivity contribution in [3.05, 3.63) is 122 Å². The first-order valence-electron chi connectivity index (χ1n) is 15.7. The molecule has 3 amide bonds. The predicted molar refractivity (Wildman–Crippen MR) is 186 cm³/mol. The summed E-state index contributed by atoms with van der Waals surface area (Å²) in [6, 6.07) is 18.3. The number of nitro benzene ring substituents is 2. The Labute approximate surface area is 297 Å². The molecule has 16 nitrogen and oxygen atoms in total. The highest BCUT2D eigenvalue weighted by Crippen LogP contribution is 2.33. The van der Waals surface area contributed by atoms with Crippen LogP contribution in [0.3, 0.4) is 0 Å². The lowest BCUT2D eigenvalue weighted by Crippen LogP contribution is -2.51. The molecule has 51 heavy (non-hydrogen) atoms. The maximum atomic E-state index is 13.5. The number of carbonyl (C=O) groups excluding carboxylic acids is 3. The van der Waals surface area contributed by atoms with Gasteiger partial charge >= 0.3 is 18.3 Å². The van der Waals surface area contributed by atoms with E-state index >= 15 is 0 Å². The number of alkyl carbamates (subject to hydrolysis) is 2. The number of ether oxygens (including phenoxy) is 4. The van der Waals surface area contributed by atoms with Gasteiger partial charge in [0.15, 0.2) is 0 Å². The summed E-state index contributed by atoms with van der Waals surface area (Å²) in [6.45, 7) is 3.41. The molecule has 17 heteroatoms. The molecule has 4 rings (SSSR count). The number of amides is 3. The lowest BCUT2D eigenvalue weighted by Gasteiger charge is -2.28. The number of rotatable bonds is 16. The monoisotopic (exact) mass is 723 g/mol. The minimum atomic E-state index is -1.05. The van der Waals surface area contributed by atoms with Gasteiger partial charge in [0.2, 0.25) is 0 Å². The van der Waals surface area contributed by atoms with Crippen LogP contribution < -0.4 is 15.4 Å². The number of hydrogen-bond acceptors (Lipinski definition) is 12. The van der Waals surface area contributed by atoms with Gasteiger partial charge in [-0.25, -0.2) is 14.4 Å². The summed E-state index contributed by atoms with van der Waals surface area (Å²) in [5.74, 6) is 1.38. The first kappa shape index (κ1) is 38.0. The van der Waals surface area contributed by atoms with Gasteiger partial charge in [0.1, 0.15) is 31.7 Å². The lowest BCUT2D eigenvalue weighted by atomic mass is 10.1. The van der Waals surface area contributed by atoms with E-state index in [1.165, 1.54) is 59.5 Å². The summed E-state index contributed by atoms with van der Waals surface area (Å²) in [7, 11) is 1.59. The average Bonchev–Trinajstić information content (AvgIpc) is 3.54. The number of likely N-dealkylation sites (tertiary alicyclic amines) is 1. The third kappa shape index (κ3) is 11.9. The van der Waals surface area contributed by atoms with Crippen LogP contribution in [0.1, 0.15) is 29.5 Å². The van der Waals surface area contributed by atoms with Crippen molar-refractivity contribution in [2.45, 2.75) is 49.3 Å². The van der Waals surface area contributed by atoms with Crippen LogP contribution in [0.5, 0.6) is 5.75 Å². The smallest absolute Gasteiger partial charge is 0.410 e. The molecule has 0 bridgehead atoms. The zero-order chi connectivity index (χ0) is 36.8. The van der Waals surface area contributed by atoms with Gasteiger partial charge in [-0.05, 0) is 59.5 Å². The van der Waals surface area contributed by atoms with E-state index in [1.54, 1.807) is 18.9 Å². The van der Waals surface area contributed by atoms with Crippen LogP contribution in [-0.2, 0) is 33.2 Å². The molecule has 0 radical (unpaired) electrons. The third-order valence-electron chi connectivity index (χ3n) is 7.71. The molecule has 3 atom stereocenters. The van der Waals surface area contributed by atoms with E-state index in [9.17, 15) is 34.6 Å². The van der Waals surface area contributed by atoms with Crippen molar-refractivity contribution in [3.8, 4) is 5.75 Å². The Bertz CT molecular complexity index is 1670. The zero-order valence-electron chi connectivity index (χ0n) is 27.6. The molecule has 3 aromatic rings. The second kappa shape index (κ2) is 18.8. The van der Waals surface area contributed by atoms with Crippen LogP contribution in [0.25, 0.3) is 0 Å². The highest BCUT2D eigenvalue weighted by atomic mass is 32.2. The van der Waals surface area contributed by atoms with Crippen molar-refractivity contribution < 1.29 is 43.2 Å². The molecule has 1 fully saturated rings. The molecule has 1 aliphatic heterocycles. The van der Waals surface area contributed by atoms with Gasteiger partial charge in [-0.2, -0.15) is 11.8 Å². The van der Waals surface area contributed by atoms with Gasteiger partial charge in [-0.15, -0.1) is 0 Å². The Hall–Kier alpha value is -5.84. The van der Waals surface area contributed by atoms with Gasteiger partial charge in [0.05, 0.1) is 17.0 Å². The minimum Gasteiger partial charge on any atom is -0.497 e. The summed E-state index contributed by atoms with van der Waals surface area (Å²) in [5, 5.41) is 27.1. The zero-order valence-corrected chi connectivity index (χ0v) is 28.5. The molecular weight excluding hydrogens is 686 g/mol. The maximum Gasteiger partial charge on any atom is 0.410 e. The van der Waals surface area contributed by atoms with Gasteiger partial charge in [0, 0.05) is 54.3 Å². The highest BCUT2D eigenvalue weighted by molar-refractivity contribution is 7.99. The van der Waals surface area contributed by atoms with Gasteiger partial charge < -0.3 is 34.5 Å². The lowest BCUT2D eigenvalue weighted by molar-refractivity contribution is -0.385. The van der Waals surface area contributed by atoms with E-state index in [1.807, 2.05) is 24.3 Å². The second-order valence-electron chi connectivity index (χ2n) is 11.3. The van der Waals surface area contributed by atoms with Gasteiger partial charge in [-0.3, -0.25) is 20.2 Å². The summed E-state index contributed by atoms with van der Waals surface area (Å²) in [6.07, 6.45) is -1.49. The Morgan fingerprint density at radius 2 is 1.39 bits per heavy atom. The number of thioether (sulfide) groups is 1. The fourth-order valence-electron chi connectivity index (χ4n) is 5.11. The quantitative estimate of drug-likeness (QED) is 0.0568. The minimum absolute atomic E-state index is 0.0357. The van der Waals surface area contributed by atoms with Gasteiger partial charge in [0.25, 0.3) is 11.4 Å². The number of benzene rings is 3. The predicted octanol–water partition coefficient (Wildman–Crippen LogP) is 6.08. The molecule has 2 N–H and O–H groups in total. The van der Waals surface area contributed by atoms with Crippen molar-refractivity contribution in [2.75, 3.05) is 20.3 Å². The van der Waals surface area contributed by atoms with Crippen LogP contribution in [-0.4, -0.2) is 70.7 Å². The first-order chi connectivity index (χ1) is 24.5. The Morgan fingerprint density at radius 1 is 0.863 bits per heavy atom. The average molecular weight is 724 g/mol. The second-order valence-corrected chi connectivity index (χ2v) is 12.6. The topological polar surface area (TPSA) is 202 Å². The first-order valence-corrected chi connectivity index (χ1v) is 16.7. The number of nitro groups is 2. The summed E-state index contributed by atoms with van der Waals surface area (Å²) >= 11 is 1.64. The molecular formula is C34H37N5O11S. The van der Waals surface area contributed by atoms with E-state index in [0.717, 1.165) is 11.3 Å². The SMILES string of the molecule is C=CCOC(=O)NC(C[C@H]1C[C@H](SCc2ccc(OC)cc2)CN1C(=O)OCc1ccc([N+](=O)[O-])cc1)NC(=O)OCc1ccc([N+](=O)[O-])cc1. The highest BCUT2D eigenvalue weighted by Gasteiger charge is 2.38. The molecule has 0 spiro atoms. The maximum absolute atomic E-state index is 13.5. The van der Waals surface area contributed by atoms with E-state index in [-0.39, 0.29) is 42.9 Å². The molecule has 1 aliphatic rings. The number of hydrogen-bond donors (Lipinski definition) is 2. The van der Waals surface area contributed by atoms with Crippen molar-refractivity contribution in [1.82, 2.24) is 15.5 Å². The van der Waals surface area contributed by atoms with Crippen LogP contribution in [0.4, 0.5) is 25.8 Å². The van der Waals surface area contributed by atoms with Crippen LogP contribution >= 0.6 is 11.8 Å². The molecule has 0 aromatic heterocycles. The number of non-ortho nitro benzene ring substituents is 2. The largest absolute Gasteiger partial charge is 0.497 e. The van der Waals surface area contributed by atoms with Crippen LogP contribution in [0.2, 0.25) is 0 Å². The Kier molecular flexibility index (Phi) is 14.0. The van der Waals surface area contributed by atoms with Crippen molar-refractivity contribution >= 4 is 41.4 Å². The number of nitrogens with zero attached hydrogens (tertiary/aromatic N) is 3. The van der Waals surface area contributed by atoms with Gasteiger partial charge in [-0.1, -0.05) is 24.8 Å². The molecule has 3 aromatic carbocycles. The molecule has 1 heterocycles. The standard InChI is InChI=1S/C34H37N5O11S/c1-3-16-48-32(40)35-31(36-33(41)49-20-23-4-10-26(11-5-23)38(43)44)18-28-17-30(51-22-25-8-14-29(47-2)15-9-25)19-37(28)34(42)50-21-24-6-12-27(13-7-24)39(45)46/h3-15,28,30-31H,1,16-22H2,2H3,(H,35,40)(H,36,41)/t28-,30+,31?/m1/s1. The van der Waals surface area contributed by atoms with Crippen LogP contribution in [0, 0.1) is 20.2 Å². The van der Waals surface area contributed by atoms with Crippen molar-refractivity contribution in [1.29, 1.82) is 0 Å². The summed E-state index contributed by atoms with van der Waals surface area (Å²) in [5.41, 5.74) is 1.90. The Morgan fingerprint density at radius 3 is 1.92 bits per heavy atom. The third-order valence-corrected chi connectivity index (χ3v) is 9.02. The number of carbonyl (C=O) groups is 3. The molecule has 0 aliphatic carbocycles. The number of methoxy groups -OCH3 is 1. The van der Waals surface area contributed by atoms with Crippen molar-refractivity contribution in [2.24, 2.45) is 0 Å². The van der Waals surface area contributed by atoms with E-state index in [2.05, 4.69) is 17.2 Å². The van der Waals surface area contributed by atoms with Crippen LogP contribution in [0.15, 0.2) is 85.5 Å². The normalized spacial score (nSPS) is 15.6. The Balaban J connectivity index is 1.46. The number of nitrogens with one attached hydrogen (secondary N) is 2. The fraction of sp³-hybridized carbons (Fsp3) is 0.324. The van der Waals surface area contributed by atoms with Crippen molar-refractivity contribution in [3.63, 3.8) is 0 Å². The fourth-order valence-corrected chi connectivity index (χ4v) is 6.36. The summed E-state index contributed by atoms with van der Waals surface area (Å²) < 4.78 is 21.2. The molecule has 1 saturated heterocycles. The van der Waals surface area contributed by atoms with E-state index < -0.39 is 40.3 Å². The van der Waals surface area contributed by atoms with E-state index in [0.29, 0.717) is 29.8 Å². The summed E-state index contributed by atoms with van der Waals surface area (Å²) in [4.78, 5) is 61.3. The molecule has 0 saturated carbocycles. The molecule has 1 unspecified atom stereocenters. The van der Waals surface area contributed by atoms with E-state index in [4.69, 9.17) is 18.9 Å².